The number of hydrogen-bond donors (Lipinski definition) is 1. The predicted octanol–water partition coefficient (Wildman–Crippen LogP) is 1.55. The smallest absolute Gasteiger partial charge is 0.337 e. The van der Waals surface area contributed by atoms with Gasteiger partial charge in [-0.25, -0.2) is 4.79 Å². The van der Waals surface area contributed by atoms with E-state index in [1.54, 1.807) is 43.3 Å². The van der Waals surface area contributed by atoms with E-state index >= 15 is 0 Å². The van der Waals surface area contributed by atoms with Crippen molar-refractivity contribution in [1.82, 2.24) is 4.90 Å². The van der Waals surface area contributed by atoms with Crippen LogP contribution in [-0.4, -0.2) is 30.1 Å². The van der Waals surface area contributed by atoms with Gasteiger partial charge in [0.2, 0.25) is 0 Å². The van der Waals surface area contributed by atoms with Crippen molar-refractivity contribution in [2.75, 3.05) is 14.1 Å². The molecule has 0 atom stereocenters. The highest BCUT2D eigenvalue weighted by Crippen LogP contribution is 2.16. The molecule has 0 fully saturated rings. The topological polar surface area (TPSA) is 64.3 Å². The largest absolute Gasteiger partial charge is 0.478 e. The van der Waals surface area contributed by atoms with Gasteiger partial charge in [-0.05, 0) is 17.7 Å². The lowest BCUT2D eigenvalue weighted by Gasteiger charge is -2.08. The van der Waals surface area contributed by atoms with E-state index in [9.17, 15) is 4.79 Å². The van der Waals surface area contributed by atoms with Crippen LogP contribution in [0, 0.1) is 11.3 Å². The number of rotatable bonds is 3. The molecule has 0 saturated carbocycles. The molecule has 4 heteroatoms. The number of nitrogens with zero attached hydrogens (tertiary/aromatic N) is 2. The summed E-state index contributed by atoms with van der Waals surface area (Å²) in [6, 6.07) is 8.52. The standard InChI is InChI=1S/C12H12N2O2/c1-14(2)8-11(12(15)16)10-5-3-4-9(6-10)7-13/h3-6,8H,1-2H3,(H,15,16)/b11-8+. The van der Waals surface area contributed by atoms with Gasteiger partial charge in [-0.15, -0.1) is 0 Å². The van der Waals surface area contributed by atoms with Crippen LogP contribution in [0.5, 0.6) is 0 Å². The van der Waals surface area contributed by atoms with Gasteiger partial charge < -0.3 is 10.0 Å². The van der Waals surface area contributed by atoms with Gasteiger partial charge >= 0.3 is 5.97 Å². The maximum atomic E-state index is 11.1. The lowest BCUT2D eigenvalue weighted by atomic mass is 10.0. The zero-order chi connectivity index (χ0) is 12.1. The minimum atomic E-state index is -1.01. The number of benzene rings is 1. The van der Waals surface area contributed by atoms with Crippen molar-refractivity contribution >= 4 is 11.5 Å². The third-order valence-corrected chi connectivity index (χ3v) is 1.92. The van der Waals surface area contributed by atoms with Gasteiger partial charge in [0, 0.05) is 20.3 Å². The summed E-state index contributed by atoms with van der Waals surface area (Å²) in [4.78, 5) is 12.7. The molecule has 0 unspecified atom stereocenters. The highest BCUT2D eigenvalue weighted by Gasteiger charge is 2.11. The van der Waals surface area contributed by atoms with Gasteiger partial charge in [-0.2, -0.15) is 5.26 Å². The fraction of sp³-hybridized carbons (Fsp3) is 0.167. The molecule has 1 aromatic carbocycles. The summed E-state index contributed by atoms with van der Waals surface area (Å²) < 4.78 is 0. The first kappa shape index (κ1) is 11.8. The van der Waals surface area contributed by atoms with Crippen molar-refractivity contribution in [1.29, 1.82) is 5.26 Å². The molecule has 16 heavy (non-hydrogen) atoms. The van der Waals surface area contributed by atoms with Crippen LogP contribution >= 0.6 is 0 Å². The molecule has 0 radical (unpaired) electrons. The Labute approximate surface area is 94.0 Å². The molecule has 4 nitrogen and oxygen atoms in total. The average molecular weight is 216 g/mol. The first-order valence-electron chi connectivity index (χ1n) is 4.66. The molecular weight excluding hydrogens is 204 g/mol. The Morgan fingerprint density at radius 3 is 2.69 bits per heavy atom. The van der Waals surface area contributed by atoms with Gasteiger partial charge in [0.05, 0.1) is 17.2 Å². The molecule has 0 heterocycles. The fourth-order valence-electron chi connectivity index (χ4n) is 1.27. The van der Waals surface area contributed by atoms with Crippen molar-refractivity contribution < 1.29 is 9.90 Å². The molecule has 0 bridgehead atoms. The summed E-state index contributed by atoms with van der Waals surface area (Å²) in [7, 11) is 3.49. The van der Waals surface area contributed by atoms with E-state index in [2.05, 4.69) is 0 Å². The molecule has 0 aliphatic heterocycles. The van der Waals surface area contributed by atoms with E-state index in [0.717, 1.165) is 0 Å². The predicted molar refractivity (Wildman–Crippen MR) is 60.5 cm³/mol. The normalized spacial score (nSPS) is 10.7. The zero-order valence-corrected chi connectivity index (χ0v) is 9.14. The molecule has 0 amide bonds. The molecule has 1 aromatic rings. The summed E-state index contributed by atoms with van der Waals surface area (Å²) in [5, 5.41) is 17.8. The summed E-state index contributed by atoms with van der Waals surface area (Å²) >= 11 is 0. The summed E-state index contributed by atoms with van der Waals surface area (Å²) in [5.41, 5.74) is 1.14. The number of carbonyl (C=O) groups is 1. The van der Waals surface area contributed by atoms with E-state index in [0.29, 0.717) is 11.1 Å². The molecule has 0 aliphatic carbocycles. The van der Waals surface area contributed by atoms with Crippen molar-refractivity contribution in [3.63, 3.8) is 0 Å². The number of carboxylic acids is 1. The van der Waals surface area contributed by atoms with E-state index < -0.39 is 5.97 Å². The first-order chi connectivity index (χ1) is 7.54. The van der Waals surface area contributed by atoms with Gasteiger partial charge in [0.1, 0.15) is 0 Å². The molecule has 1 rings (SSSR count). The SMILES string of the molecule is CN(C)/C=C(/C(=O)O)c1cccc(C#N)c1. The van der Waals surface area contributed by atoms with Gasteiger partial charge in [0.25, 0.3) is 0 Å². The van der Waals surface area contributed by atoms with E-state index in [1.165, 1.54) is 6.20 Å². The van der Waals surface area contributed by atoms with E-state index in [1.807, 2.05) is 6.07 Å². The van der Waals surface area contributed by atoms with Gasteiger partial charge in [-0.1, -0.05) is 12.1 Å². The second kappa shape index (κ2) is 4.99. The quantitative estimate of drug-likeness (QED) is 0.778. The average Bonchev–Trinajstić information content (AvgIpc) is 2.25. The monoisotopic (exact) mass is 216 g/mol. The van der Waals surface area contributed by atoms with E-state index in [-0.39, 0.29) is 5.57 Å². The molecule has 1 N–H and O–H groups in total. The fourth-order valence-corrected chi connectivity index (χ4v) is 1.27. The number of aliphatic carboxylic acids is 1. The Balaban J connectivity index is 3.23. The van der Waals surface area contributed by atoms with Crippen LogP contribution < -0.4 is 0 Å². The summed E-state index contributed by atoms with van der Waals surface area (Å²) in [6.07, 6.45) is 1.51. The van der Waals surface area contributed by atoms with E-state index in [4.69, 9.17) is 10.4 Å². The second-order valence-electron chi connectivity index (χ2n) is 3.50. The maximum absolute atomic E-state index is 11.1. The first-order valence-corrected chi connectivity index (χ1v) is 4.66. The van der Waals surface area contributed by atoms with Crippen molar-refractivity contribution in [3.8, 4) is 6.07 Å². The summed E-state index contributed by atoms with van der Waals surface area (Å²) in [5.74, 6) is -1.01. The van der Waals surface area contributed by atoms with Crippen molar-refractivity contribution in [2.45, 2.75) is 0 Å². The molecular formula is C12H12N2O2. The summed E-state index contributed by atoms with van der Waals surface area (Å²) in [6.45, 7) is 0. The maximum Gasteiger partial charge on any atom is 0.337 e. The van der Waals surface area contributed by atoms with Gasteiger partial charge in [-0.3, -0.25) is 0 Å². The minimum Gasteiger partial charge on any atom is -0.478 e. The van der Waals surface area contributed by atoms with Crippen LogP contribution in [0.1, 0.15) is 11.1 Å². The van der Waals surface area contributed by atoms with Crippen LogP contribution in [-0.2, 0) is 4.79 Å². The van der Waals surface area contributed by atoms with Crippen molar-refractivity contribution in [3.05, 3.63) is 41.6 Å². The Bertz CT molecular complexity index is 470. The third kappa shape index (κ3) is 2.85. The van der Waals surface area contributed by atoms with Crippen LogP contribution in [0.25, 0.3) is 5.57 Å². The zero-order valence-electron chi connectivity index (χ0n) is 9.14. The van der Waals surface area contributed by atoms with Crippen molar-refractivity contribution in [2.24, 2.45) is 0 Å². The Morgan fingerprint density at radius 1 is 1.50 bits per heavy atom. The Hall–Kier alpha value is -2.28. The van der Waals surface area contributed by atoms with Crippen LogP contribution in [0.4, 0.5) is 0 Å². The molecule has 0 saturated heterocycles. The van der Waals surface area contributed by atoms with Gasteiger partial charge in [0.15, 0.2) is 0 Å². The van der Waals surface area contributed by atoms with Crippen LogP contribution in [0.2, 0.25) is 0 Å². The molecule has 0 aliphatic rings. The lowest BCUT2D eigenvalue weighted by molar-refractivity contribution is -0.130. The highest BCUT2D eigenvalue weighted by atomic mass is 16.4. The number of hydrogen-bond acceptors (Lipinski definition) is 3. The Morgan fingerprint density at radius 2 is 2.19 bits per heavy atom. The number of carboxylic acid groups (broad SMARTS) is 1. The van der Waals surface area contributed by atoms with Crippen LogP contribution in [0.15, 0.2) is 30.5 Å². The lowest BCUT2D eigenvalue weighted by Crippen LogP contribution is -2.08. The second-order valence-corrected chi connectivity index (χ2v) is 3.50. The molecule has 82 valence electrons. The number of nitriles is 1. The van der Waals surface area contributed by atoms with Crippen LogP contribution in [0.3, 0.4) is 0 Å². The highest BCUT2D eigenvalue weighted by molar-refractivity contribution is 6.15. The third-order valence-electron chi connectivity index (χ3n) is 1.92. The molecule has 0 spiro atoms. The Kier molecular flexibility index (Phi) is 3.67. The minimum absolute atomic E-state index is 0.169. The molecule has 0 aromatic heterocycles.